The molecule has 9 heteroatoms. The molecule has 5 nitrogen and oxygen atoms in total. The highest BCUT2D eigenvalue weighted by atomic mass is 79.9. The van der Waals surface area contributed by atoms with Gasteiger partial charge in [-0.25, -0.2) is 4.68 Å². The highest BCUT2D eigenvalue weighted by Gasteiger charge is 2.39. The van der Waals surface area contributed by atoms with Gasteiger partial charge in [-0.15, -0.1) is 5.10 Å². The first-order chi connectivity index (χ1) is 13.3. The van der Waals surface area contributed by atoms with Crippen molar-refractivity contribution in [2.24, 2.45) is 0 Å². The topological polar surface area (TPSA) is 66.5 Å². The van der Waals surface area contributed by atoms with Crippen LogP contribution in [0.4, 0.5) is 19.1 Å². The van der Waals surface area contributed by atoms with E-state index < -0.39 is 18.0 Å². The van der Waals surface area contributed by atoms with Crippen LogP contribution in [0.3, 0.4) is 0 Å². The van der Waals surface area contributed by atoms with Crippen molar-refractivity contribution in [1.82, 2.24) is 14.8 Å². The maximum Gasteiger partial charge on any atom is 0.453 e. The van der Waals surface area contributed by atoms with E-state index in [1.807, 2.05) is 30.3 Å². The first kappa shape index (κ1) is 18.3. The fourth-order valence-corrected chi connectivity index (χ4v) is 3.17. The van der Waals surface area contributed by atoms with Crippen molar-refractivity contribution in [3.63, 3.8) is 0 Å². The molecule has 0 bridgehead atoms. The molecule has 0 radical (unpaired) electrons. The Kier molecular flexibility index (Phi) is 4.43. The molecule has 0 saturated heterocycles. The molecule has 1 aromatic heterocycles. The molecule has 4 rings (SSSR count). The maximum atomic E-state index is 13.1. The molecular weight excluding hydrogens is 435 g/mol. The second-order valence-corrected chi connectivity index (χ2v) is 7.01. The molecule has 1 unspecified atom stereocenters. The van der Waals surface area contributed by atoms with Gasteiger partial charge in [-0.05, 0) is 41.5 Å². The molecule has 1 N–H and O–H groups in total. The summed E-state index contributed by atoms with van der Waals surface area (Å²) in [5.74, 6) is -1.21. The number of fused-ring (bicyclic) bond motifs is 1. The summed E-state index contributed by atoms with van der Waals surface area (Å²) < 4.78 is 41.5. The largest absolute Gasteiger partial charge is 0.453 e. The van der Waals surface area contributed by atoms with Gasteiger partial charge in [-0.2, -0.15) is 23.4 Å². The van der Waals surface area contributed by atoms with Gasteiger partial charge >= 0.3 is 6.18 Å². The average Bonchev–Trinajstić information content (AvgIpc) is 3.13. The van der Waals surface area contributed by atoms with Crippen molar-refractivity contribution in [2.45, 2.75) is 12.2 Å². The van der Waals surface area contributed by atoms with Crippen LogP contribution in [-0.4, -0.2) is 14.8 Å². The van der Waals surface area contributed by atoms with Gasteiger partial charge in [-0.1, -0.05) is 40.2 Å². The molecule has 140 valence electrons. The number of halogens is 4. The molecule has 0 aliphatic carbocycles. The van der Waals surface area contributed by atoms with Crippen molar-refractivity contribution >= 4 is 27.6 Å². The van der Waals surface area contributed by atoms with Gasteiger partial charge in [0.05, 0.1) is 11.6 Å². The zero-order valence-electron chi connectivity index (χ0n) is 14.1. The van der Waals surface area contributed by atoms with E-state index in [0.29, 0.717) is 16.8 Å². The van der Waals surface area contributed by atoms with Gasteiger partial charge in [0.1, 0.15) is 6.04 Å². The molecular formula is C19H11BrF3N5. The summed E-state index contributed by atoms with van der Waals surface area (Å²) >= 11 is 3.36. The number of nitriles is 1. The van der Waals surface area contributed by atoms with Crippen LogP contribution >= 0.6 is 15.9 Å². The predicted octanol–water partition coefficient (Wildman–Crippen LogP) is 4.99. The van der Waals surface area contributed by atoms with Crippen LogP contribution in [0.2, 0.25) is 0 Å². The van der Waals surface area contributed by atoms with E-state index in [1.54, 1.807) is 30.3 Å². The molecule has 3 aromatic rings. The fraction of sp³-hybridized carbons (Fsp3) is 0.105. The number of alkyl halides is 3. The quantitative estimate of drug-likeness (QED) is 0.603. The first-order valence-electron chi connectivity index (χ1n) is 8.14. The summed E-state index contributed by atoms with van der Waals surface area (Å²) in [6.45, 7) is 0. The molecule has 2 aromatic carbocycles. The van der Waals surface area contributed by atoms with Crippen molar-refractivity contribution in [3.05, 3.63) is 81.6 Å². The minimum atomic E-state index is -4.65. The Hall–Kier alpha value is -3.12. The van der Waals surface area contributed by atoms with Gasteiger partial charge in [-0.3, -0.25) is 0 Å². The number of rotatable bonds is 2. The lowest BCUT2D eigenvalue weighted by molar-refractivity contribution is -0.145. The number of allylic oxidation sites excluding steroid dienone is 1. The summed E-state index contributed by atoms with van der Waals surface area (Å²) in [6.07, 6.45) is -2.87. The zero-order valence-corrected chi connectivity index (χ0v) is 15.7. The van der Waals surface area contributed by atoms with E-state index in [2.05, 4.69) is 31.3 Å². The number of nitrogens with zero attached hydrogens (tertiary/aromatic N) is 4. The average molecular weight is 446 g/mol. The van der Waals surface area contributed by atoms with Crippen molar-refractivity contribution in [1.29, 1.82) is 5.26 Å². The van der Waals surface area contributed by atoms with Gasteiger partial charge in [0, 0.05) is 10.2 Å². The summed E-state index contributed by atoms with van der Waals surface area (Å²) in [7, 11) is 0. The van der Waals surface area contributed by atoms with Gasteiger partial charge in [0.15, 0.2) is 0 Å². The fourth-order valence-electron chi connectivity index (χ4n) is 2.90. The Labute approximate surface area is 166 Å². The molecule has 0 fully saturated rings. The Morgan fingerprint density at radius 2 is 1.75 bits per heavy atom. The molecule has 0 spiro atoms. The number of hydrogen-bond donors (Lipinski definition) is 1. The molecule has 1 atom stereocenters. The van der Waals surface area contributed by atoms with Crippen molar-refractivity contribution in [3.8, 4) is 6.07 Å². The Morgan fingerprint density at radius 1 is 1.07 bits per heavy atom. The number of benzene rings is 2. The summed E-state index contributed by atoms with van der Waals surface area (Å²) in [5, 5.41) is 15.6. The van der Waals surface area contributed by atoms with Gasteiger partial charge < -0.3 is 5.32 Å². The van der Waals surface area contributed by atoms with Gasteiger partial charge in [0.2, 0.25) is 5.95 Å². The number of anilines is 1. The van der Waals surface area contributed by atoms with Crippen LogP contribution in [0.5, 0.6) is 0 Å². The molecule has 1 aliphatic heterocycles. The van der Waals surface area contributed by atoms with E-state index in [-0.39, 0.29) is 5.95 Å². The van der Waals surface area contributed by atoms with E-state index >= 15 is 0 Å². The van der Waals surface area contributed by atoms with E-state index in [4.69, 9.17) is 5.26 Å². The van der Waals surface area contributed by atoms with E-state index in [1.165, 1.54) is 4.68 Å². The maximum absolute atomic E-state index is 13.1. The standard InChI is InChI=1S/C19H11BrF3N5/c20-14-7-5-12(6-8-14)15-9-16(13-3-1-11(10-24)2-4-13)28-18(25-15)26-17(27-28)19(21,22)23/h1-9,16H,(H,25,26,27). The van der Waals surface area contributed by atoms with E-state index in [0.717, 1.165) is 10.0 Å². The Balaban J connectivity index is 1.83. The minimum Gasteiger partial charge on any atom is -0.324 e. The molecule has 2 heterocycles. The summed E-state index contributed by atoms with van der Waals surface area (Å²) in [6, 6.07) is 15.4. The third-order valence-electron chi connectivity index (χ3n) is 4.26. The first-order valence-corrected chi connectivity index (χ1v) is 8.93. The highest BCUT2D eigenvalue weighted by molar-refractivity contribution is 9.10. The van der Waals surface area contributed by atoms with Crippen LogP contribution in [0, 0.1) is 11.3 Å². The number of nitrogens with one attached hydrogen (secondary N) is 1. The van der Waals surface area contributed by atoms with Crippen LogP contribution in [0.25, 0.3) is 5.70 Å². The third kappa shape index (κ3) is 3.39. The third-order valence-corrected chi connectivity index (χ3v) is 4.78. The molecule has 0 saturated carbocycles. The molecule has 0 amide bonds. The van der Waals surface area contributed by atoms with Crippen LogP contribution in [0.1, 0.15) is 28.6 Å². The van der Waals surface area contributed by atoms with Crippen molar-refractivity contribution in [2.75, 3.05) is 5.32 Å². The van der Waals surface area contributed by atoms with Crippen LogP contribution in [-0.2, 0) is 6.18 Å². The van der Waals surface area contributed by atoms with Crippen LogP contribution < -0.4 is 5.32 Å². The second kappa shape index (κ2) is 6.80. The Bertz CT molecular complexity index is 1090. The minimum absolute atomic E-state index is 0.00195. The van der Waals surface area contributed by atoms with Crippen molar-refractivity contribution < 1.29 is 13.2 Å². The lowest BCUT2D eigenvalue weighted by Gasteiger charge is -2.24. The lowest BCUT2D eigenvalue weighted by atomic mass is 10.0. The summed E-state index contributed by atoms with van der Waals surface area (Å²) in [5.41, 5.74) is 2.57. The molecule has 28 heavy (non-hydrogen) atoms. The normalized spacial score (nSPS) is 16.0. The van der Waals surface area contributed by atoms with Gasteiger partial charge in [0.25, 0.3) is 5.82 Å². The zero-order chi connectivity index (χ0) is 19.9. The lowest BCUT2D eigenvalue weighted by Crippen LogP contribution is -2.20. The predicted molar refractivity (Wildman–Crippen MR) is 100 cm³/mol. The Morgan fingerprint density at radius 3 is 2.36 bits per heavy atom. The van der Waals surface area contributed by atoms with E-state index in [9.17, 15) is 13.2 Å². The summed E-state index contributed by atoms with van der Waals surface area (Å²) in [4.78, 5) is 3.64. The second-order valence-electron chi connectivity index (χ2n) is 6.09. The monoisotopic (exact) mass is 445 g/mol. The highest BCUT2D eigenvalue weighted by Crippen LogP contribution is 2.35. The SMILES string of the molecule is N#Cc1ccc(C2C=C(c3ccc(Br)cc3)Nc3nc(C(F)(F)F)nn32)cc1. The smallest absolute Gasteiger partial charge is 0.324 e. The van der Waals surface area contributed by atoms with Crippen LogP contribution in [0.15, 0.2) is 59.1 Å². The number of aromatic nitrogens is 3. The molecule has 1 aliphatic rings. The number of hydrogen-bond acceptors (Lipinski definition) is 4.